The molecule has 0 aliphatic heterocycles. The first-order chi connectivity index (χ1) is 9.21. The van der Waals surface area contributed by atoms with Crippen molar-refractivity contribution in [3.05, 3.63) is 47.3 Å². The summed E-state index contributed by atoms with van der Waals surface area (Å²) in [6.07, 6.45) is 0. The minimum Gasteiger partial charge on any atom is -0.496 e. The second kappa shape index (κ2) is 5.86. The molecule has 0 aliphatic carbocycles. The average Bonchev–Trinajstić information content (AvgIpc) is 2.81. The summed E-state index contributed by atoms with van der Waals surface area (Å²) in [6, 6.07) is 9.75. The van der Waals surface area contributed by atoms with E-state index in [9.17, 15) is 0 Å². The number of rotatable bonds is 5. The molecular weight excluding hydrogens is 240 g/mol. The monoisotopic (exact) mass is 260 g/mol. The zero-order valence-corrected chi connectivity index (χ0v) is 11.6. The van der Waals surface area contributed by atoms with Crippen molar-refractivity contribution in [3.8, 4) is 5.75 Å². The molecule has 3 N–H and O–H groups in total. The summed E-state index contributed by atoms with van der Waals surface area (Å²) in [6.45, 7) is 4.84. The Balaban J connectivity index is 2.49. The van der Waals surface area contributed by atoms with Gasteiger partial charge in [-0.2, -0.15) is 5.10 Å². The van der Waals surface area contributed by atoms with Gasteiger partial charge in [-0.05, 0) is 26.0 Å². The van der Waals surface area contributed by atoms with Crippen LogP contribution in [0.1, 0.15) is 29.9 Å². The Labute approximate surface area is 113 Å². The predicted molar refractivity (Wildman–Crippen MR) is 74.8 cm³/mol. The van der Waals surface area contributed by atoms with Gasteiger partial charge in [0.1, 0.15) is 5.75 Å². The smallest absolute Gasteiger partial charge is 0.124 e. The molecule has 1 aromatic heterocycles. The Morgan fingerprint density at radius 3 is 2.79 bits per heavy atom. The highest BCUT2D eigenvalue weighted by Crippen LogP contribution is 2.29. The molecule has 5 heteroatoms. The summed E-state index contributed by atoms with van der Waals surface area (Å²) in [5.74, 6) is 6.56. The van der Waals surface area contributed by atoms with Crippen LogP contribution < -0.4 is 16.0 Å². The second-order valence-electron chi connectivity index (χ2n) is 4.37. The molecule has 2 rings (SSSR count). The van der Waals surface area contributed by atoms with Gasteiger partial charge in [0.05, 0.1) is 24.5 Å². The van der Waals surface area contributed by atoms with Crippen molar-refractivity contribution < 1.29 is 4.74 Å². The van der Waals surface area contributed by atoms with Crippen LogP contribution >= 0.6 is 0 Å². The van der Waals surface area contributed by atoms with Gasteiger partial charge in [-0.15, -0.1) is 0 Å². The number of aryl methyl sites for hydroxylation is 2. The normalized spacial score (nSPS) is 12.4. The molecule has 0 spiro atoms. The topological polar surface area (TPSA) is 65.1 Å². The molecule has 1 unspecified atom stereocenters. The standard InChI is InChI=1S/C14H20N4O/c1-4-18-12(9-10(2)17-18)14(16-15)11-7-5-6-8-13(11)19-3/h5-9,14,16H,4,15H2,1-3H3. The zero-order valence-electron chi connectivity index (χ0n) is 11.6. The minimum atomic E-state index is -0.141. The largest absolute Gasteiger partial charge is 0.496 e. The molecule has 0 saturated heterocycles. The Bertz CT molecular complexity index is 550. The van der Waals surface area contributed by atoms with E-state index in [-0.39, 0.29) is 6.04 Å². The van der Waals surface area contributed by atoms with Gasteiger partial charge in [-0.3, -0.25) is 10.5 Å². The third-order valence-electron chi connectivity index (χ3n) is 3.15. The molecule has 1 heterocycles. The maximum Gasteiger partial charge on any atom is 0.124 e. The number of methoxy groups -OCH3 is 1. The summed E-state index contributed by atoms with van der Waals surface area (Å²) in [5.41, 5.74) is 5.87. The van der Waals surface area contributed by atoms with E-state index in [1.165, 1.54) is 0 Å². The van der Waals surface area contributed by atoms with Crippen LogP contribution in [0.15, 0.2) is 30.3 Å². The summed E-state index contributed by atoms with van der Waals surface area (Å²) >= 11 is 0. The van der Waals surface area contributed by atoms with Crippen LogP contribution in [0.4, 0.5) is 0 Å². The van der Waals surface area contributed by atoms with Crippen molar-refractivity contribution in [2.24, 2.45) is 5.84 Å². The first-order valence-corrected chi connectivity index (χ1v) is 6.34. The molecule has 0 aliphatic rings. The van der Waals surface area contributed by atoms with Crippen LogP contribution in [0.3, 0.4) is 0 Å². The van der Waals surface area contributed by atoms with E-state index >= 15 is 0 Å². The highest BCUT2D eigenvalue weighted by atomic mass is 16.5. The van der Waals surface area contributed by atoms with E-state index < -0.39 is 0 Å². The average molecular weight is 260 g/mol. The molecule has 1 atom stereocenters. The highest BCUT2D eigenvalue weighted by molar-refractivity contribution is 5.40. The molecule has 0 saturated carbocycles. The maximum atomic E-state index is 5.75. The molecule has 0 amide bonds. The quantitative estimate of drug-likeness (QED) is 0.635. The maximum absolute atomic E-state index is 5.75. The number of hydrogen-bond acceptors (Lipinski definition) is 4. The first kappa shape index (κ1) is 13.6. The molecule has 0 bridgehead atoms. The lowest BCUT2D eigenvalue weighted by molar-refractivity contribution is 0.402. The lowest BCUT2D eigenvalue weighted by Crippen LogP contribution is -2.31. The van der Waals surface area contributed by atoms with E-state index in [1.54, 1.807) is 7.11 Å². The van der Waals surface area contributed by atoms with Crippen LogP contribution in [0.2, 0.25) is 0 Å². The predicted octanol–water partition coefficient (Wildman–Crippen LogP) is 1.77. The van der Waals surface area contributed by atoms with Gasteiger partial charge in [0, 0.05) is 12.1 Å². The van der Waals surface area contributed by atoms with Crippen molar-refractivity contribution in [3.63, 3.8) is 0 Å². The Morgan fingerprint density at radius 2 is 2.16 bits per heavy atom. The van der Waals surface area contributed by atoms with E-state index in [0.717, 1.165) is 29.2 Å². The fraction of sp³-hybridized carbons (Fsp3) is 0.357. The van der Waals surface area contributed by atoms with Gasteiger partial charge in [-0.25, -0.2) is 5.43 Å². The van der Waals surface area contributed by atoms with Crippen LogP contribution in [-0.2, 0) is 6.54 Å². The fourth-order valence-corrected chi connectivity index (χ4v) is 2.29. The number of ether oxygens (including phenoxy) is 1. The second-order valence-corrected chi connectivity index (χ2v) is 4.37. The Morgan fingerprint density at radius 1 is 1.42 bits per heavy atom. The summed E-state index contributed by atoms with van der Waals surface area (Å²) < 4.78 is 7.36. The number of nitrogens with one attached hydrogen (secondary N) is 1. The molecule has 5 nitrogen and oxygen atoms in total. The van der Waals surface area contributed by atoms with E-state index in [4.69, 9.17) is 10.6 Å². The minimum absolute atomic E-state index is 0.141. The number of benzene rings is 1. The Hall–Kier alpha value is -1.85. The number of nitrogens with zero attached hydrogens (tertiary/aromatic N) is 2. The first-order valence-electron chi connectivity index (χ1n) is 6.34. The summed E-state index contributed by atoms with van der Waals surface area (Å²) in [5, 5.41) is 4.46. The Kier molecular flexibility index (Phi) is 4.19. The zero-order chi connectivity index (χ0) is 13.8. The van der Waals surface area contributed by atoms with Gasteiger partial charge in [0.15, 0.2) is 0 Å². The molecule has 2 aromatic rings. The van der Waals surface area contributed by atoms with E-state index in [1.807, 2.05) is 41.9 Å². The van der Waals surface area contributed by atoms with Crippen molar-refractivity contribution in [2.45, 2.75) is 26.4 Å². The highest BCUT2D eigenvalue weighted by Gasteiger charge is 2.20. The van der Waals surface area contributed by atoms with Crippen LogP contribution in [0.25, 0.3) is 0 Å². The summed E-state index contributed by atoms with van der Waals surface area (Å²) in [7, 11) is 1.66. The molecule has 0 radical (unpaired) electrons. The molecule has 102 valence electrons. The van der Waals surface area contributed by atoms with Crippen molar-refractivity contribution >= 4 is 0 Å². The van der Waals surface area contributed by atoms with Gasteiger partial charge < -0.3 is 4.74 Å². The van der Waals surface area contributed by atoms with Crippen LogP contribution in [-0.4, -0.2) is 16.9 Å². The number of hydrogen-bond donors (Lipinski definition) is 2. The van der Waals surface area contributed by atoms with E-state index in [0.29, 0.717) is 0 Å². The van der Waals surface area contributed by atoms with Crippen LogP contribution in [0.5, 0.6) is 5.75 Å². The van der Waals surface area contributed by atoms with Gasteiger partial charge in [-0.1, -0.05) is 18.2 Å². The third-order valence-corrected chi connectivity index (χ3v) is 3.15. The van der Waals surface area contributed by atoms with Gasteiger partial charge >= 0.3 is 0 Å². The molecule has 19 heavy (non-hydrogen) atoms. The number of aromatic nitrogens is 2. The SMILES string of the molecule is CCn1nc(C)cc1C(NN)c1ccccc1OC. The number of para-hydroxylation sites is 1. The van der Waals surface area contributed by atoms with Crippen molar-refractivity contribution in [2.75, 3.05) is 7.11 Å². The lowest BCUT2D eigenvalue weighted by atomic mass is 10.0. The molecule has 0 fully saturated rings. The number of hydrazine groups is 1. The molecular formula is C14H20N4O. The third kappa shape index (κ3) is 2.62. The number of nitrogens with two attached hydrogens (primary N) is 1. The van der Waals surface area contributed by atoms with E-state index in [2.05, 4.69) is 17.4 Å². The summed E-state index contributed by atoms with van der Waals surface area (Å²) in [4.78, 5) is 0. The lowest BCUT2D eigenvalue weighted by Gasteiger charge is -2.19. The van der Waals surface area contributed by atoms with Gasteiger partial charge in [0.25, 0.3) is 0 Å². The van der Waals surface area contributed by atoms with Crippen molar-refractivity contribution in [1.29, 1.82) is 0 Å². The fourth-order valence-electron chi connectivity index (χ4n) is 2.29. The van der Waals surface area contributed by atoms with Crippen LogP contribution in [0, 0.1) is 6.92 Å². The molecule has 1 aromatic carbocycles. The van der Waals surface area contributed by atoms with Gasteiger partial charge in [0.2, 0.25) is 0 Å². The van der Waals surface area contributed by atoms with Crippen molar-refractivity contribution in [1.82, 2.24) is 15.2 Å².